The van der Waals surface area contributed by atoms with Gasteiger partial charge in [-0.05, 0) is 25.8 Å². The third-order valence-corrected chi connectivity index (χ3v) is 3.56. The van der Waals surface area contributed by atoms with Gasteiger partial charge in [-0.15, -0.1) is 12.4 Å². The van der Waals surface area contributed by atoms with Crippen LogP contribution >= 0.6 is 12.4 Å². The second-order valence-corrected chi connectivity index (χ2v) is 4.98. The van der Waals surface area contributed by atoms with Crippen LogP contribution in [0, 0.1) is 5.92 Å². The Morgan fingerprint density at radius 1 is 1.24 bits per heavy atom. The van der Waals surface area contributed by atoms with Crippen molar-refractivity contribution in [1.29, 1.82) is 0 Å². The van der Waals surface area contributed by atoms with E-state index in [2.05, 4.69) is 5.32 Å². The molecular formula is C13H27ClN2O. The smallest absolute Gasteiger partial charge is 0.222 e. The van der Waals surface area contributed by atoms with E-state index in [1.54, 1.807) is 0 Å². The Kier molecular flexibility index (Phi) is 9.56. The van der Waals surface area contributed by atoms with Crippen molar-refractivity contribution in [3.05, 3.63) is 0 Å². The van der Waals surface area contributed by atoms with E-state index in [9.17, 15) is 4.79 Å². The van der Waals surface area contributed by atoms with Gasteiger partial charge in [0.15, 0.2) is 0 Å². The maximum atomic E-state index is 11.9. The Morgan fingerprint density at radius 3 is 2.35 bits per heavy atom. The number of carbonyl (C=O) groups excluding carboxylic acids is 1. The summed E-state index contributed by atoms with van der Waals surface area (Å²) < 4.78 is 0. The highest BCUT2D eigenvalue weighted by molar-refractivity contribution is 5.85. The number of nitrogens with one attached hydrogen (secondary N) is 1. The van der Waals surface area contributed by atoms with Crippen LogP contribution in [0.25, 0.3) is 0 Å². The van der Waals surface area contributed by atoms with E-state index in [0.717, 1.165) is 19.5 Å². The molecule has 3 nitrogen and oxygen atoms in total. The maximum absolute atomic E-state index is 11.9. The van der Waals surface area contributed by atoms with Crippen molar-refractivity contribution in [2.45, 2.75) is 44.9 Å². The number of halogens is 1. The second kappa shape index (κ2) is 9.72. The van der Waals surface area contributed by atoms with Gasteiger partial charge in [0.1, 0.15) is 0 Å². The van der Waals surface area contributed by atoms with Gasteiger partial charge in [-0.25, -0.2) is 0 Å². The average molecular weight is 263 g/mol. The summed E-state index contributed by atoms with van der Waals surface area (Å²) in [5.74, 6) is 0.967. The highest BCUT2D eigenvalue weighted by Crippen LogP contribution is 2.25. The van der Waals surface area contributed by atoms with Gasteiger partial charge in [0.05, 0.1) is 0 Å². The number of amides is 1. The topological polar surface area (TPSA) is 32.3 Å². The van der Waals surface area contributed by atoms with Gasteiger partial charge in [0, 0.05) is 26.6 Å². The van der Waals surface area contributed by atoms with Gasteiger partial charge in [0.2, 0.25) is 5.91 Å². The maximum Gasteiger partial charge on any atom is 0.222 e. The molecule has 0 saturated heterocycles. The Labute approximate surface area is 112 Å². The molecule has 1 aliphatic rings. The van der Waals surface area contributed by atoms with E-state index in [-0.39, 0.29) is 12.4 Å². The number of carbonyl (C=O) groups is 1. The van der Waals surface area contributed by atoms with Crippen LogP contribution in [-0.2, 0) is 4.79 Å². The second-order valence-electron chi connectivity index (χ2n) is 4.98. The molecule has 1 fully saturated rings. The number of hydrogen-bond donors (Lipinski definition) is 1. The number of rotatable bonds is 5. The summed E-state index contributed by atoms with van der Waals surface area (Å²) in [4.78, 5) is 13.8. The van der Waals surface area contributed by atoms with Crippen LogP contribution in [0.3, 0.4) is 0 Å². The first kappa shape index (κ1) is 16.7. The van der Waals surface area contributed by atoms with E-state index in [1.807, 2.05) is 19.0 Å². The minimum absolute atomic E-state index is 0. The predicted octanol–water partition coefficient (Wildman–Crippen LogP) is 2.45. The number of nitrogens with zero attached hydrogens (tertiary/aromatic N) is 1. The zero-order valence-corrected chi connectivity index (χ0v) is 12.0. The standard InChI is InChI=1S/C13H26N2O.ClH/c1-14-9-10-15(2)13(16)11-12-7-5-3-4-6-8-12;/h12,14H,3-11H2,1-2H3;1H. The van der Waals surface area contributed by atoms with E-state index in [1.165, 1.54) is 38.5 Å². The van der Waals surface area contributed by atoms with Crippen molar-refractivity contribution in [2.24, 2.45) is 5.92 Å². The molecule has 1 N–H and O–H groups in total. The lowest BCUT2D eigenvalue weighted by Crippen LogP contribution is -2.33. The molecule has 1 amide bonds. The molecule has 0 heterocycles. The van der Waals surface area contributed by atoms with Crippen molar-refractivity contribution in [3.8, 4) is 0 Å². The highest BCUT2D eigenvalue weighted by Gasteiger charge is 2.17. The third-order valence-electron chi connectivity index (χ3n) is 3.56. The van der Waals surface area contributed by atoms with Crippen molar-refractivity contribution in [1.82, 2.24) is 10.2 Å². The van der Waals surface area contributed by atoms with Gasteiger partial charge in [-0.3, -0.25) is 4.79 Å². The van der Waals surface area contributed by atoms with Crippen molar-refractivity contribution in [2.75, 3.05) is 27.2 Å². The van der Waals surface area contributed by atoms with Gasteiger partial charge in [-0.2, -0.15) is 0 Å². The van der Waals surface area contributed by atoms with E-state index in [0.29, 0.717) is 11.8 Å². The van der Waals surface area contributed by atoms with Crippen LogP contribution in [0.5, 0.6) is 0 Å². The Hall–Kier alpha value is -0.280. The molecule has 0 unspecified atom stereocenters. The average Bonchev–Trinajstić information content (AvgIpc) is 2.54. The first-order valence-electron chi connectivity index (χ1n) is 6.62. The van der Waals surface area contributed by atoms with Crippen LogP contribution in [0.4, 0.5) is 0 Å². The van der Waals surface area contributed by atoms with E-state index in [4.69, 9.17) is 0 Å². The molecule has 0 aromatic heterocycles. The molecule has 17 heavy (non-hydrogen) atoms. The summed E-state index contributed by atoms with van der Waals surface area (Å²) >= 11 is 0. The molecule has 0 aliphatic heterocycles. The zero-order chi connectivity index (χ0) is 11.8. The predicted molar refractivity (Wildman–Crippen MR) is 74.6 cm³/mol. The molecule has 102 valence electrons. The fourth-order valence-electron chi connectivity index (χ4n) is 2.38. The van der Waals surface area contributed by atoms with Gasteiger partial charge in [-0.1, -0.05) is 25.7 Å². The molecule has 0 atom stereocenters. The molecule has 1 rings (SSSR count). The van der Waals surface area contributed by atoms with Crippen molar-refractivity contribution < 1.29 is 4.79 Å². The summed E-state index contributed by atoms with van der Waals surface area (Å²) in [6.45, 7) is 1.70. The van der Waals surface area contributed by atoms with Crippen molar-refractivity contribution >= 4 is 18.3 Å². The highest BCUT2D eigenvalue weighted by atomic mass is 35.5. The summed E-state index contributed by atoms with van der Waals surface area (Å²) in [5, 5.41) is 3.07. The summed E-state index contributed by atoms with van der Waals surface area (Å²) in [5.41, 5.74) is 0. The monoisotopic (exact) mass is 262 g/mol. The fraction of sp³-hybridized carbons (Fsp3) is 0.923. The lowest BCUT2D eigenvalue weighted by atomic mass is 9.96. The lowest BCUT2D eigenvalue weighted by Gasteiger charge is -2.20. The van der Waals surface area contributed by atoms with Crippen LogP contribution in [0.2, 0.25) is 0 Å². The van der Waals surface area contributed by atoms with Crippen LogP contribution in [0.1, 0.15) is 44.9 Å². The first-order valence-corrected chi connectivity index (χ1v) is 6.62. The summed E-state index contributed by atoms with van der Waals surface area (Å²) in [7, 11) is 3.83. The van der Waals surface area contributed by atoms with Crippen LogP contribution in [0.15, 0.2) is 0 Å². The molecule has 0 bridgehead atoms. The summed E-state index contributed by atoms with van der Waals surface area (Å²) in [6.07, 6.45) is 8.63. The fourth-order valence-corrected chi connectivity index (χ4v) is 2.38. The quantitative estimate of drug-likeness (QED) is 0.772. The van der Waals surface area contributed by atoms with Gasteiger partial charge < -0.3 is 10.2 Å². The Morgan fingerprint density at radius 2 is 1.82 bits per heavy atom. The van der Waals surface area contributed by atoms with E-state index >= 15 is 0 Å². The van der Waals surface area contributed by atoms with Gasteiger partial charge in [0.25, 0.3) is 0 Å². The molecule has 0 aromatic rings. The summed E-state index contributed by atoms with van der Waals surface area (Å²) in [6, 6.07) is 0. The SMILES string of the molecule is CNCCN(C)C(=O)CC1CCCCCC1.Cl. The lowest BCUT2D eigenvalue weighted by molar-refractivity contribution is -0.130. The van der Waals surface area contributed by atoms with Crippen molar-refractivity contribution in [3.63, 3.8) is 0 Å². The molecule has 1 aliphatic carbocycles. The minimum Gasteiger partial charge on any atom is -0.344 e. The molecular weight excluding hydrogens is 236 g/mol. The normalized spacial score (nSPS) is 17.1. The van der Waals surface area contributed by atoms with Crippen LogP contribution < -0.4 is 5.32 Å². The molecule has 0 spiro atoms. The number of likely N-dealkylation sites (N-methyl/N-ethyl adjacent to an activating group) is 2. The molecule has 0 aromatic carbocycles. The molecule has 4 heteroatoms. The third kappa shape index (κ3) is 6.89. The van der Waals surface area contributed by atoms with E-state index < -0.39 is 0 Å². The number of hydrogen-bond acceptors (Lipinski definition) is 2. The first-order chi connectivity index (χ1) is 7.74. The molecule has 0 radical (unpaired) electrons. The zero-order valence-electron chi connectivity index (χ0n) is 11.2. The van der Waals surface area contributed by atoms with Gasteiger partial charge >= 0.3 is 0 Å². The molecule has 1 saturated carbocycles. The minimum atomic E-state index is 0. The van der Waals surface area contributed by atoms with Crippen LogP contribution in [-0.4, -0.2) is 38.0 Å². The Bertz CT molecular complexity index is 204. The Balaban J connectivity index is 0.00000256. The largest absolute Gasteiger partial charge is 0.344 e.